The van der Waals surface area contributed by atoms with Crippen LogP contribution in [-0.2, 0) is 6.54 Å². The van der Waals surface area contributed by atoms with Crippen molar-refractivity contribution in [3.05, 3.63) is 18.0 Å². The topological polar surface area (TPSA) is 38.7 Å². The molecule has 0 bridgehead atoms. The third kappa shape index (κ3) is 4.00. The van der Waals surface area contributed by atoms with Crippen molar-refractivity contribution in [2.45, 2.75) is 32.5 Å². The van der Waals surface area contributed by atoms with Gasteiger partial charge in [-0.1, -0.05) is 0 Å². The highest BCUT2D eigenvalue weighted by atomic mass is 15.4. The van der Waals surface area contributed by atoms with Gasteiger partial charge in [-0.2, -0.15) is 0 Å². The summed E-state index contributed by atoms with van der Waals surface area (Å²) in [6.07, 6.45) is 3.91. The summed E-state index contributed by atoms with van der Waals surface area (Å²) in [5.74, 6) is 0.776. The zero-order valence-electron chi connectivity index (χ0n) is 14.9. The van der Waals surface area contributed by atoms with E-state index in [0.717, 1.165) is 18.5 Å². The predicted octanol–water partition coefficient (Wildman–Crippen LogP) is 0.753. The predicted molar refractivity (Wildman–Crippen MR) is 93.7 cm³/mol. The van der Waals surface area contributed by atoms with Gasteiger partial charge in [-0.05, 0) is 13.8 Å². The van der Waals surface area contributed by atoms with E-state index in [1.807, 2.05) is 31.4 Å². The van der Waals surface area contributed by atoms with Gasteiger partial charge in [0.15, 0.2) is 0 Å². The van der Waals surface area contributed by atoms with Crippen molar-refractivity contribution in [1.29, 1.82) is 0 Å². The van der Waals surface area contributed by atoms with E-state index < -0.39 is 0 Å². The summed E-state index contributed by atoms with van der Waals surface area (Å²) in [6, 6.07) is 1.42. The molecule has 128 valence electrons. The third-order valence-electron chi connectivity index (χ3n) is 5.03. The maximum Gasteiger partial charge on any atom is 0.224 e. The van der Waals surface area contributed by atoms with Crippen LogP contribution in [0.15, 0.2) is 12.4 Å². The fourth-order valence-electron chi connectivity index (χ4n) is 3.44. The van der Waals surface area contributed by atoms with Gasteiger partial charge < -0.3 is 4.90 Å². The lowest BCUT2D eigenvalue weighted by molar-refractivity contribution is -0.00419. The normalized spacial score (nSPS) is 21.6. The molecule has 2 saturated heterocycles. The number of nitrogens with zero attached hydrogens (tertiary/aromatic N) is 6. The van der Waals surface area contributed by atoms with Crippen molar-refractivity contribution in [3.63, 3.8) is 0 Å². The van der Waals surface area contributed by atoms with Crippen LogP contribution in [0.2, 0.25) is 0 Å². The van der Waals surface area contributed by atoms with Gasteiger partial charge in [-0.25, -0.2) is 9.97 Å². The molecule has 6 heteroatoms. The SMILES string of the molecule is CC(C)N1CCN(C2CN(Cc3cnc(N(C)C)nc3)C2)CC1. The van der Waals surface area contributed by atoms with Crippen LogP contribution in [0.5, 0.6) is 0 Å². The molecule has 3 rings (SSSR count). The van der Waals surface area contributed by atoms with E-state index in [0.29, 0.717) is 6.04 Å². The standard InChI is InChI=1S/C17H30N6/c1-14(2)22-5-7-23(8-6-22)16-12-21(13-16)11-15-9-18-17(19-10-15)20(3)4/h9-10,14,16H,5-8,11-13H2,1-4H3. The molecule has 6 nitrogen and oxygen atoms in total. The van der Waals surface area contributed by atoms with Crippen LogP contribution >= 0.6 is 0 Å². The molecule has 0 aromatic carbocycles. The minimum atomic E-state index is 0.681. The van der Waals surface area contributed by atoms with E-state index in [1.54, 1.807) is 0 Å². The van der Waals surface area contributed by atoms with Crippen molar-refractivity contribution in [3.8, 4) is 0 Å². The lowest BCUT2D eigenvalue weighted by atomic mass is 10.0. The lowest BCUT2D eigenvalue weighted by Crippen LogP contribution is -2.63. The van der Waals surface area contributed by atoms with Crippen LogP contribution in [0, 0.1) is 0 Å². The molecule has 2 aliphatic heterocycles. The van der Waals surface area contributed by atoms with Crippen LogP contribution in [0.1, 0.15) is 19.4 Å². The summed E-state index contributed by atoms with van der Waals surface area (Å²) in [4.78, 5) is 18.5. The minimum absolute atomic E-state index is 0.681. The first-order valence-electron chi connectivity index (χ1n) is 8.71. The zero-order valence-corrected chi connectivity index (χ0v) is 14.9. The summed E-state index contributed by atoms with van der Waals surface area (Å²) in [7, 11) is 3.93. The Morgan fingerprint density at radius 2 is 1.70 bits per heavy atom. The van der Waals surface area contributed by atoms with Crippen LogP contribution < -0.4 is 4.90 Å². The summed E-state index contributed by atoms with van der Waals surface area (Å²) in [5.41, 5.74) is 1.21. The summed E-state index contributed by atoms with van der Waals surface area (Å²) in [5, 5.41) is 0. The molecular formula is C17H30N6. The van der Waals surface area contributed by atoms with Gasteiger partial charge in [-0.15, -0.1) is 0 Å². The van der Waals surface area contributed by atoms with Crippen LogP contribution in [-0.4, -0.2) is 90.1 Å². The number of anilines is 1. The van der Waals surface area contributed by atoms with Gasteiger partial charge in [-0.3, -0.25) is 14.7 Å². The highest BCUT2D eigenvalue weighted by Crippen LogP contribution is 2.20. The summed E-state index contributed by atoms with van der Waals surface area (Å²) < 4.78 is 0. The van der Waals surface area contributed by atoms with Gasteiger partial charge >= 0.3 is 0 Å². The van der Waals surface area contributed by atoms with Gasteiger partial charge in [0, 0.05) is 89.9 Å². The van der Waals surface area contributed by atoms with Crippen molar-refractivity contribution >= 4 is 5.95 Å². The van der Waals surface area contributed by atoms with Crippen molar-refractivity contribution in [1.82, 2.24) is 24.7 Å². The van der Waals surface area contributed by atoms with E-state index in [9.17, 15) is 0 Å². The fourth-order valence-corrected chi connectivity index (χ4v) is 3.44. The van der Waals surface area contributed by atoms with E-state index in [4.69, 9.17) is 0 Å². The number of hydrogen-bond donors (Lipinski definition) is 0. The quantitative estimate of drug-likeness (QED) is 0.798. The Labute approximate surface area is 140 Å². The molecule has 1 aromatic rings. The van der Waals surface area contributed by atoms with Crippen molar-refractivity contribution < 1.29 is 0 Å². The highest BCUT2D eigenvalue weighted by molar-refractivity contribution is 5.26. The molecule has 0 spiro atoms. The third-order valence-corrected chi connectivity index (χ3v) is 5.03. The average Bonchev–Trinajstić information content (AvgIpc) is 2.51. The van der Waals surface area contributed by atoms with Crippen LogP contribution in [0.3, 0.4) is 0 Å². The molecule has 0 amide bonds. The molecular weight excluding hydrogens is 288 g/mol. The Morgan fingerprint density at radius 3 is 2.22 bits per heavy atom. The Kier molecular flexibility index (Phi) is 5.14. The first-order chi connectivity index (χ1) is 11.0. The first kappa shape index (κ1) is 16.6. The number of aromatic nitrogens is 2. The van der Waals surface area contributed by atoms with Crippen molar-refractivity contribution in [2.24, 2.45) is 0 Å². The molecule has 0 saturated carbocycles. The first-order valence-corrected chi connectivity index (χ1v) is 8.71. The summed E-state index contributed by atoms with van der Waals surface area (Å²) >= 11 is 0. The van der Waals surface area contributed by atoms with E-state index in [1.165, 1.54) is 44.8 Å². The van der Waals surface area contributed by atoms with E-state index >= 15 is 0 Å². The van der Waals surface area contributed by atoms with E-state index in [2.05, 4.69) is 38.5 Å². The molecule has 0 unspecified atom stereocenters. The minimum Gasteiger partial charge on any atom is -0.347 e. The molecule has 23 heavy (non-hydrogen) atoms. The Morgan fingerprint density at radius 1 is 1.09 bits per heavy atom. The maximum atomic E-state index is 4.40. The fraction of sp³-hybridized carbons (Fsp3) is 0.765. The van der Waals surface area contributed by atoms with E-state index in [-0.39, 0.29) is 0 Å². The van der Waals surface area contributed by atoms with Gasteiger partial charge in [0.25, 0.3) is 0 Å². The second kappa shape index (κ2) is 7.11. The largest absolute Gasteiger partial charge is 0.347 e. The number of likely N-dealkylation sites (tertiary alicyclic amines) is 1. The molecule has 3 heterocycles. The second-order valence-corrected chi connectivity index (χ2v) is 7.30. The summed E-state index contributed by atoms with van der Waals surface area (Å²) in [6.45, 7) is 12.8. The Hall–Kier alpha value is -1.24. The molecule has 0 atom stereocenters. The number of piperazine rings is 1. The van der Waals surface area contributed by atoms with Gasteiger partial charge in [0.2, 0.25) is 5.95 Å². The Bertz CT molecular complexity index is 486. The van der Waals surface area contributed by atoms with Crippen molar-refractivity contribution in [2.75, 3.05) is 58.3 Å². The molecule has 2 aliphatic rings. The molecule has 2 fully saturated rings. The molecule has 0 aliphatic carbocycles. The molecule has 0 radical (unpaired) electrons. The van der Waals surface area contributed by atoms with Crippen LogP contribution in [0.4, 0.5) is 5.95 Å². The second-order valence-electron chi connectivity index (χ2n) is 7.30. The lowest BCUT2D eigenvalue weighted by Gasteiger charge is -2.48. The van der Waals surface area contributed by atoms with Crippen LogP contribution in [0.25, 0.3) is 0 Å². The van der Waals surface area contributed by atoms with Gasteiger partial charge in [0.1, 0.15) is 0 Å². The maximum absolute atomic E-state index is 4.40. The van der Waals surface area contributed by atoms with Gasteiger partial charge in [0.05, 0.1) is 0 Å². The zero-order chi connectivity index (χ0) is 16.4. The monoisotopic (exact) mass is 318 g/mol. The smallest absolute Gasteiger partial charge is 0.224 e. The molecule has 0 N–H and O–H groups in total. The Balaban J connectivity index is 1.41. The highest BCUT2D eigenvalue weighted by Gasteiger charge is 2.33. The average molecular weight is 318 g/mol. The number of rotatable bonds is 5. The number of hydrogen-bond acceptors (Lipinski definition) is 6. The molecule has 1 aromatic heterocycles.